The fraction of sp³-hybridized carbons (Fsp3) is 0.957. The van der Waals surface area contributed by atoms with E-state index < -0.39 is 0 Å². The van der Waals surface area contributed by atoms with Crippen LogP contribution in [0.3, 0.4) is 0 Å². The van der Waals surface area contributed by atoms with E-state index in [1.54, 1.807) is 0 Å². The molecule has 0 aromatic rings. The van der Waals surface area contributed by atoms with Crippen molar-refractivity contribution in [3.05, 3.63) is 0 Å². The lowest BCUT2D eigenvalue weighted by Crippen LogP contribution is -2.26. The molecule has 0 amide bonds. The average molecular weight is 345 g/mol. The van der Waals surface area contributed by atoms with Crippen molar-refractivity contribution in [2.24, 2.45) is 53.3 Å². The lowest BCUT2D eigenvalue weighted by Gasteiger charge is -2.32. The Bertz CT molecular complexity index is 526. The molecule has 6 aliphatic carbocycles. The number of ketones is 1. The fourth-order valence-corrected chi connectivity index (χ4v) is 8.71. The van der Waals surface area contributed by atoms with Crippen LogP contribution in [0, 0.1) is 53.3 Å². The first-order valence-corrected chi connectivity index (χ1v) is 11.3. The van der Waals surface area contributed by atoms with Gasteiger partial charge in [0.05, 0.1) is 6.10 Å². The highest BCUT2D eigenvalue weighted by atomic mass is 16.3. The van der Waals surface area contributed by atoms with Crippen LogP contribution in [0.5, 0.6) is 0 Å². The number of carbonyl (C=O) groups excluding carboxylic acids is 1. The van der Waals surface area contributed by atoms with Gasteiger partial charge in [0, 0.05) is 12.3 Å². The van der Waals surface area contributed by atoms with Crippen molar-refractivity contribution in [2.45, 2.75) is 83.7 Å². The highest BCUT2D eigenvalue weighted by Crippen LogP contribution is 2.61. The number of rotatable bonds is 2. The summed E-state index contributed by atoms with van der Waals surface area (Å²) in [7, 11) is 0. The van der Waals surface area contributed by atoms with Crippen molar-refractivity contribution < 1.29 is 9.90 Å². The van der Waals surface area contributed by atoms with Crippen molar-refractivity contribution >= 4 is 5.78 Å². The highest BCUT2D eigenvalue weighted by molar-refractivity contribution is 5.85. The molecular weight excluding hydrogens is 308 g/mol. The molecule has 1 N–H and O–H groups in total. The van der Waals surface area contributed by atoms with E-state index in [2.05, 4.69) is 0 Å². The summed E-state index contributed by atoms with van der Waals surface area (Å²) >= 11 is 0. The van der Waals surface area contributed by atoms with Crippen LogP contribution >= 0.6 is 0 Å². The van der Waals surface area contributed by atoms with Gasteiger partial charge in [-0.3, -0.25) is 4.79 Å². The molecule has 140 valence electrons. The van der Waals surface area contributed by atoms with Crippen molar-refractivity contribution in [3.63, 3.8) is 0 Å². The van der Waals surface area contributed by atoms with Gasteiger partial charge in [0.2, 0.25) is 0 Å². The van der Waals surface area contributed by atoms with Gasteiger partial charge in [-0.2, -0.15) is 0 Å². The predicted octanol–water partition coefficient (Wildman–Crippen LogP) is 4.84. The number of fused-ring (bicyclic) bond motifs is 10. The first kappa shape index (κ1) is 16.8. The van der Waals surface area contributed by atoms with Crippen LogP contribution in [0.25, 0.3) is 0 Å². The second-order valence-corrected chi connectivity index (χ2v) is 10.5. The monoisotopic (exact) mass is 344 g/mol. The van der Waals surface area contributed by atoms with E-state index in [0.29, 0.717) is 11.7 Å². The summed E-state index contributed by atoms with van der Waals surface area (Å²) < 4.78 is 0. The van der Waals surface area contributed by atoms with E-state index in [1.807, 2.05) is 6.92 Å². The van der Waals surface area contributed by atoms with E-state index in [9.17, 15) is 9.90 Å². The van der Waals surface area contributed by atoms with Gasteiger partial charge in [-0.25, -0.2) is 0 Å². The summed E-state index contributed by atoms with van der Waals surface area (Å²) in [5, 5.41) is 9.48. The molecule has 2 heteroatoms. The van der Waals surface area contributed by atoms with Gasteiger partial charge < -0.3 is 5.11 Å². The number of carbonyl (C=O) groups is 1. The maximum atomic E-state index is 11.4. The maximum Gasteiger partial charge on any atom is 0.136 e. The molecule has 10 unspecified atom stereocenters. The second-order valence-electron chi connectivity index (χ2n) is 10.5. The topological polar surface area (TPSA) is 37.3 Å². The molecule has 6 saturated carbocycles. The van der Waals surface area contributed by atoms with E-state index in [-0.39, 0.29) is 6.10 Å². The molecule has 0 aromatic heterocycles. The van der Waals surface area contributed by atoms with E-state index in [1.165, 1.54) is 57.8 Å². The largest absolute Gasteiger partial charge is 0.393 e. The summed E-state index contributed by atoms with van der Waals surface area (Å²) in [6.07, 6.45) is 14.8. The van der Waals surface area contributed by atoms with Crippen LogP contribution in [0.4, 0.5) is 0 Å². The molecule has 0 aromatic carbocycles. The zero-order chi connectivity index (χ0) is 17.1. The number of Topliss-reactive ketones (excluding diaryl/α,β-unsaturated/α-hetero) is 1. The summed E-state index contributed by atoms with van der Waals surface area (Å²) in [6, 6.07) is 0. The fourth-order valence-electron chi connectivity index (χ4n) is 8.71. The van der Waals surface area contributed by atoms with Crippen LogP contribution in [-0.4, -0.2) is 17.0 Å². The molecule has 0 heterocycles. The SMILES string of the molecule is CC(O)CC1CC2CC1C1CCCC21.O=C1CC2CC1C1CCCC21. The Balaban J connectivity index is 0.000000115. The standard InChI is InChI=1S/C13H22O.C10H14O/c1-8(14)5-9-6-10-7-13(9)12-4-2-3-11(10)12;11-10-5-6-4-9(10)8-3-1-2-7(6)8/h8-14H,2-7H2,1H3;6-9H,1-5H2. The molecule has 6 aliphatic rings. The summed E-state index contributed by atoms with van der Waals surface area (Å²) in [4.78, 5) is 11.4. The normalized spacial score (nSPS) is 52.9. The molecule has 0 saturated heterocycles. The zero-order valence-electron chi connectivity index (χ0n) is 15.9. The van der Waals surface area contributed by atoms with Crippen LogP contribution in [0.2, 0.25) is 0 Å². The molecule has 6 fully saturated rings. The minimum Gasteiger partial charge on any atom is -0.393 e. The third kappa shape index (κ3) is 2.73. The number of hydrogen-bond donors (Lipinski definition) is 1. The van der Waals surface area contributed by atoms with E-state index in [4.69, 9.17) is 0 Å². The van der Waals surface area contributed by atoms with Gasteiger partial charge in [0.25, 0.3) is 0 Å². The minimum absolute atomic E-state index is 0.0702. The lowest BCUT2D eigenvalue weighted by atomic mass is 9.74. The van der Waals surface area contributed by atoms with Crippen LogP contribution in [-0.2, 0) is 4.79 Å². The third-order valence-corrected chi connectivity index (χ3v) is 9.39. The number of aliphatic hydroxyl groups excluding tert-OH is 1. The molecular formula is C23H36O2. The van der Waals surface area contributed by atoms with Crippen LogP contribution in [0.1, 0.15) is 77.6 Å². The first-order valence-electron chi connectivity index (χ1n) is 11.3. The van der Waals surface area contributed by atoms with Crippen LogP contribution < -0.4 is 0 Å². The smallest absolute Gasteiger partial charge is 0.136 e. The minimum atomic E-state index is -0.0702. The maximum absolute atomic E-state index is 11.4. The van der Waals surface area contributed by atoms with Crippen molar-refractivity contribution in [1.82, 2.24) is 0 Å². The third-order valence-electron chi connectivity index (χ3n) is 9.39. The van der Waals surface area contributed by atoms with Gasteiger partial charge >= 0.3 is 0 Å². The molecule has 10 atom stereocenters. The Morgan fingerprint density at radius 1 is 0.880 bits per heavy atom. The molecule has 0 aliphatic heterocycles. The molecule has 25 heavy (non-hydrogen) atoms. The van der Waals surface area contributed by atoms with Gasteiger partial charge in [0.15, 0.2) is 0 Å². The van der Waals surface area contributed by atoms with Gasteiger partial charge in [0.1, 0.15) is 5.78 Å². The second kappa shape index (κ2) is 6.36. The lowest BCUT2D eigenvalue weighted by molar-refractivity contribution is -0.123. The Kier molecular flexibility index (Phi) is 4.27. The first-order chi connectivity index (χ1) is 12.1. The Morgan fingerprint density at radius 3 is 2.32 bits per heavy atom. The molecule has 4 bridgehead atoms. The number of hydrogen-bond acceptors (Lipinski definition) is 2. The van der Waals surface area contributed by atoms with E-state index >= 15 is 0 Å². The Labute approximate surface area is 153 Å². The number of aliphatic hydroxyl groups is 1. The Hall–Kier alpha value is -0.370. The summed E-state index contributed by atoms with van der Waals surface area (Å²) in [6.45, 7) is 1.96. The van der Waals surface area contributed by atoms with Gasteiger partial charge in [-0.1, -0.05) is 12.8 Å². The molecule has 0 radical (unpaired) electrons. The van der Waals surface area contributed by atoms with Gasteiger partial charge in [-0.15, -0.1) is 0 Å². The van der Waals surface area contributed by atoms with E-state index in [0.717, 1.165) is 60.2 Å². The average Bonchev–Trinajstić information content (AvgIpc) is 3.34. The molecule has 2 nitrogen and oxygen atoms in total. The van der Waals surface area contributed by atoms with Crippen molar-refractivity contribution in [2.75, 3.05) is 0 Å². The summed E-state index contributed by atoms with van der Waals surface area (Å²) in [5.74, 6) is 8.84. The molecule has 0 spiro atoms. The van der Waals surface area contributed by atoms with Gasteiger partial charge in [-0.05, 0) is 106 Å². The van der Waals surface area contributed by atoms with Crippen LogP contribution in [0.15, 0.2) is 0 Å². The molecule has 6 rings (SSSR count). The Morgan fingerprint density at radius 2 is 1.56 bits per heavy atom. The highest BCUT2D eigenvalue weighted by Gasteiger charge is 2.54. The quantitative estimate of drug-likeness (QED) is 0.778. The van der Waals surface area contributed by atoms with Crippen molar-refractivity contribution in [1.29, 1.82) is 0 Å². The zero-order valence-corrected chi connectivity index (χ0v) is 15.9. The summed E-state index contributed by atoms with van der Waals surface area (Å²) in [5.41, 5.74) is 0. The predicted molar refractivity (Wildman–Crippen MR) is 98.9 cm³/mol. The van der Waals surface area contributed by atoms with Crippen molar-refractivity contribution in [3.8, 4) is 0 Å².